The lowest BCUT2D eigenvalue weighted by Gasteiger charge is -2.28. The number of hydrogen-bond acceptors (Lipinski definition) is 3. The lowest BCUT2D eigenvalue weighted by atomic mass is 9.98. The third kappa shape index (κ3) is 3.42. The fraction of sp³-hybridized carbons (Fsp3) is 0.941. The minimum absolute atomic E-state index is 0.218. The predicted octanol–water partition coefficient (Wildman–Crippen LogP) is 2.45. The summed E-state index contributed by atoms with van der Waals surface area (Å²) in [6, 6.07) is 0. The summed E-state index contributed by atoms with van der Waals surface area (Å²) in [6.07, 6.45) is 5.75. The van der Waals surface area contributed by atoms with Crippen molar-refractivity contribution in [2.45, 2.75) is 71.5 Å². The smallest absolute Gasteiger partial charge is 0.244 e. The van der Waals surface area contributed by atoms with Gasteiger partial charge in [-0.3, -0.25) is 10.1 Å². The third-order valence-electron chi connectivity index (χ3n) is 5.29. The van der Waals surface area contributed by atoms with Crippen LogP contribution in [0.3, 0.4) is 0 Å². The number of rotatable bonds is 7. The van der Waals surface area contributed by atoms with E-state index in [-0.39, 0.29) is 11.7 Å². The van der Waals surface area contributed by atoms with E-state index >= 15 is 0 Å². The highest BCUT2D eigenvalue weighted by molar-refractivity contribution is 5.89. The van der Waals surface area contributed by atoms with E-state index in [1.165, 1.54) is 12.8 Å². The van der Waals surface area contributed by atoms with Crippen molar-refractivity contribution < 1.29 is 4.79 Å². The highest BCUT2D eigenvalue weighted by Crippen LogP contribution is 2.37. The zero-order valence-corrected chi connectivity index (χ0v) is 14.3. The van der Waals surface area contributed by atoms with Gasteiger partial charge in [-0.2, -0.15) is 0 Å². The van der Waals surface area contributed by atoms with Gasteiger partial charge < -0.3 is 9.80 Å². The molecule has 1 saturated heterocycles. The standard InChI is InChI=1S/C17H33N3O/c1-5-19(6-2)12-9-13-20-15(14(3)4)18-17(16(20)21)10-7-8-11-17/h14-15,18H,5-13H2,1-4H3. The molecule has 0 radical (unpaired) electrons. The second-order valence-electron chi connectivity index (χ2n) is 7.00. The number of carbonyl (C=O) groups is 1. The van der Waals surface area contributed by atoms with E-state index in [9.17, 15) is 4.79 Å². The van der Waals surface area contributed by atoms with Crippen LogP contribution in [0.2, 0.25) is 0 Å². The van der Waals surface area contributed by atoms with E-state index in [0.717, 1.165) is 45.4 Å². The van der Waals surface area contributed by atoms with Crippen LogP contribution in [0, 0.1) is 5.92 Å². The van der Waals surface area contributed by atoms with Crippen LogP contribution < -0.4 is 5.32 Å². The summed E-state index contributed by atoms with van der Waals surface area (Å²) in [5.74, 6) is 0.848. The van der Waals surface area contributed by atoms with Crippen LogP contribution in [-0.2, 0) is 4.79 Å². The predicted molar refractivity (Wildman–Crippen MR) is 87.1 cm³/mol. The Bertz CT molecular complexity index is 346. The van der Waals surface area contributed by atoms with Gasteiger partial charge in [0, 0.05) is 6.54 Å². The minimum Gasteiger partial charge on any atom is -0.325 e. The molecule has 1 saturated carbocycles. The summed E-state index contributed by atoms with van der Waals surface area (Å²) in [7, 11) is 0. The molecule has 1 atom stereocenters. The molecule has 1 aliphatic carbocycles. The molecule has 2 fully saturated rings. The number of hydrogen-bond donors (Lipinski definition) is 1. The molecule has 0 aromatic carbocycles. The molecule has 0 aromatic rings. The number of carbonyl (C=O) groups excluding carboxylic acids is 1. The van der Waals surface area contributed by atoms with Crippen molar-refractivity contribution in [2.24, 2.45) is 5.92 Å². The summed E-state index contributed by atoms with van der Waals surface area (Å²) in [5, 5.41) is 3.69. The van der Waals surface area contributed by atoms with Crippen molar-refractivity contribution in [3.05, 3.63) is 0 Å². The summed E-state index contributed by atoms with van der Waals surface area (Å²) in [5.41, 5.74) is -0.218. The fourth-order valence-electron chi connectivity index (χ4n) is 3.93. The molecular formula is C17H33N3O. The van der Waals surface area contributed by atoms with Crippen molar-refractivity contribution in [3.63, 3.8) is 0 Å². The Morgan fingerprint density at radius 1 is 1.29 bits per heavy atom. The maximum Gasteiger partial charge on any atom is 0.244 e. The first-order valence-electron chi connectivity index (χ1n) is 8.85. The molecule has 1 aliphatic heterocycles. The molecule has 1 amide bonds. The van der Waals surface area contributed by atoms with Gasteiger partial charge in [0.1, 0.15) is 0 Å². The van der Waals surface area contributed by atoms with Crippen molar-refractivity contribution in [1.29, 1.82) is 0 Å². The molecule has 4 heteroatoms. The average molecular weight is 295 g/mol. The second-order valence-corrected chi connectivity index (χ2v) is 7.00. The van der Waals surface area contributed by atoms with Crippen LogP contribution in [0.1, 0.15) is 59.8 Å². The maximum atomic E-state index is 12.9. The number of nitrogens with zero attached hydrogens (tertiary/aromatic N) is 2. The molecular weight excluding hydrogens is 262 g/mol. The Hall–Kier alpha value is -0.610. The Labute approximate surface area is 130 Å². The molecule has 1 N–H and O–H groups in total. The van der Waals surface area contributed by atoms with Gasteiger partial charge in [-0.25, -0.2) is 0 Å². The first-order valence-corrected chi connectivity index (χ1v) is 8.85. The lowest BCUT2D eigenvalue weighted by Crippen LogP contribution is -2.45. The molecule has 2 rings (SSSR count). The summed E-state index contributed by atoms with van der Waals surface area (Å²) in [4.78, 5) is 17.5. The van der Waals surface area contributed by atoms with Gasteiger partial charge in [0.25, 0.3) is 0 Å². The molecule has 122 valence electrons. The number of nitrogens with one attached hydrogen (secondary N) is 1. The molecule has 2 aliphatic rings. The van der Waals surface area contributed by atoms with Crippen LogP contribution in [0.5, 0.6) is 0 Å². The summed E-state index contributed by atoms with van der Waals surface area (Å²) in [6.45, 7) is 13.0. The lowest BCUT2D eigenvalue weighted by molar-refractivity contribution is -0.133. The van der Waals surface area contributed by atoms with Crippen LogP contribution in [-0.4, -0.2) is 53.6 Å². The molecule has 1 unspecified atom stereocenters. The Morgan fingerprint density at radius 2 is 1.90 bits per heavy atom. The van der Waals surface area contributed by atoms with Gasteiger partial charge in [-0.1, -0.05) is 40.5 Å². The van der Waals surface area contributed by atoms with E-state index in [2.05, 4.69) is 42.8 Å². The quantitative estimate of drug-likeness (QED) is 0.783. The molecule has 4 nitrogen and oxygen atoms in total. The summed E-state index contributed by atoms with van der Waals surface area (Å²) < 4.78 is 0. The molecule has 21 heavy (non-hydrogen) atoms. The fourth-order valence-corrected chi connectivity index (χ4v) is 3.93. The van der Waals surface area contributed by atoms with Crippen LogP contribution in [0.25, 0.3) is 0 Å². The van der Waals surface area contributed by atoms with Crippen molar-refractivity contribution in [1.82, 2.24) is 15.1 Å². The Balaban J connectivity index is 1.97. The van der Waals surface area contributed by atoms with E-state index in [1.54, 1.807) is 0 Å². The highest BCUT2D eigenvalue weighted by atomic mass is 16.2. The molecule has 0 bridgehead atoms. The van der Waals surface area contributed by atoms with Crippen LogP contribution >= 0.6 is 0 Å². The van der Waals surface area contributed by atoms with E-state index < -0.39 is 0 Å². The van der Waals surface area contributed by atoms with Crippen LogP contribution in [0.4, 0.5) is 0 Å². The van der Waals surface area contributed by atoms with Crippen molar-refractivity contribution >= 4 is 5.91 Å². The van der Waals surface area contributed by atoms with E-state index in [4.69, 9.17) is 0 Å². The first-order chi connectivity index (χ1) is 10.0. The van der Waals surface area contributed by atoms with E-state index in [1.807, 2.05) is 0 Å². The highest BCUT2D eigenvalue weighted by Gasteiger charge is 2.52. The van der Waals surface area contributed by atoms with Gasteiger partial charge in [0.15, 0.2) is 0 Å². The van der Waals surface area contributed by atoms with Gasteiger partial charge in [0.2, 0.25) is 5.91 Å². The SMILES string of the molecule is CCN(CC)CCCN1C(=O)C2(CCCC2)NC1C(C)C. The zero-order chi connectivity index (χ0) is 15.5. The minimum atomic E-state index is -0.218. The van der Waals surface area contributed by atoms with Gasteiger partial charge in [-0.15, -0.1) is 0 Å². The Kier molecular flexibility index (Phi) is 5.67. The largest absolute Gasteiger partial charge is 0.325 e. The maximum absolute atomic E-state index is 12.9. The second kappa shape index (κ2) is 7.10. The average Bonchev–Trinajstić information content (AvgIpc) is 3.04. The van der Waals surface area contributed by atoms with Crippen molar-refractivity contribution in [3.8, 4) is 0 Å². The van der Waals surface area contributed by atoms with E-state index in [0.29, 0.717) is 11.8 Å². The van der Waals surface area contributed by atoms with Crippen molar-refractivity contribution in [2.75, 3.05) is 26.2 Å². The normalized spacial score (nSPS) is 25.0. The zero-order valence-electron chi connectivity index (χ0n) is 14.3. The monoisotopic (exact) mass is 295 g/mol. The molecule has 1 heterocycles. The van der Waals surface area contributed by atoms with Crippen LogP contribution in [0.15, 0.2) is 0 Å². The van der Waals surface area contributed by atoms with Gasteiger partial charge >= 0.3 is 0 Å². The van der Waals surface area contributed by atoms with Gasteiger partial charge in [0.05, 0.1) is 11.7 Å². The third-order valence-corrected chi connectivity index (χ3v) is 5.29. The number of amides is 1. The molecule has 0 aromatic heterocycles. The molecule has 1 spiro atoms. The first kappa shape index (κ1) is 16.8. The summed E-state index contributed by atoms with van der Waals surface area (Å²) >= 11 is 0. The Morgan fingerprint density at radius 3 is 2.43 bits per heavy atom. The topological polar surface area (TPSA) is 35.6 Å². The van der Waals surface area contributed by atoms with Gasteiger partial charge in [-0.05, 0) is 44.8 Å².